The summed E-state index contributed by atoms with van der Waals surface area (Å²) in [4.78, 5) is 20.1. The maximum absolute atomic E-state index is 10.2. The van der Waals surface area contributed by atoms with Gasteiger partial charge in [0, 0.05) is 11.9 Å². The van der Waals surface area contributed by atoms with E-state index in [0.29, 0.717) is 19.3 Å². The first-order valence-electron chi connectivity index (χ1n) is 3.94. The fraction of sp³-hybridized carbons (Fsp3) is 0.750. The zero-order valence-electron chi connectivity index (χ0n) is 9.04. The van der Waals surface area contributed by atoms with Crippen molar-refractivity contribution in [2.75, 3.05) is 0 Å². The summed E-state index contributed by atoms with van der Waals surface area (Å²) < 4.78 is 0. The van der Waals surface area contributed by atoms with Crippen molar-refractivity contribution in [3.05, 3.63) is 0 Å². The third-order valence-electron chi connectivity index (χ3n) is 1.67. The molecule has 0 spiro atoms. The monoisotopic (exact) mass is 218 g/mol. The van der Waals surface area contributed by atoms with E-state index in [2.05, 4.69) is 0 Å². The van der Waals surface area contributed by atoms with Crippen LogP contribution in [0.3, 0.4) is 0 Å². The Morgan fingerprint density at radius 2 is 1.64 bits per heavy atom. The summed E-state index contributed by atoms with van der Waals surface area (Å²) in [5.41, 5.74) is 0. The molecule has 0 aromatic rings. The average molecular weight is 218 g/mol. The molecule has 0 aliphatic rings. The summed E-state index contributed by atoms with van der Waals surface area (Å²) in [7, 11) is 0. The van der Waals surface area contributed by atoms with Gasteiger partial charge in [-0.3, -0.25) is 0 Å². The molecule has 0 fully saturated rings. The van der Waals surface area contributed by atoms with E-state index in [9.17, 15) is 19.8 Å². The van der Waals surface area contributed by atoms with E-state index in [4.69, 9.17) is 0 Å². The number of carbonyl (C=O) groups is 2. The predicted molar refractivity (Wildman–Crippen MR) is 37.6 cm³/mol. The Hall–Kier alpha value is 0.940. The summed E-state index contributed by atoms with van der Waals surface area (Å²) in [5, 5.41) is 20.1. The van der Waals surface area contributed by atoms with Gasteiger partial charge < -0.3 is 19.8 Å². The summed E-state index contributed by atoms with van der Waals surface area (Å²) in [6.45, 7) is 1.55. The van der Waals surface area contributed by atoms with E-state index < -0.39 is 17.9 Å². The molecule has 0 amide bonds. The maximum atomic E-state index is 10.2. The zero-order valence-corrected chi connectivity index (χ0v) is 13.0. The largest absolute Gasteiger partial charge is 1.00 e. The minimum atomic E-state index is -1.09. The van der Waals surface area contributed by atoms with Crippen LogP contribution >= 0.6 is 0 Å². The molecule has 0 aliphatic heterocycles. The zero-order chi connectivity index (χ0) is 9.56. The van der Waals surface area contributed by atoms with Crippen LogP contribution in [0.4, 0.5) is 0 Å². The van der Waals surface area contributed by atoms with Gasteiger partial charge in [0.1, 0.15) is 0 Å². The van der Waals surface area contributed by atoms with E-state index >= 15 is 0 Å². The molecule has 1 unspecified atom stereocenters. The number of carboxylic acids is 2. The van der Waals surface area contributed by atoms with Crippen LogP contribution in [0.2, 0.25) is 0 Å². The quantitative estimate of drug-likeness (QED) is 0.327. The first-order valence-corrected chi connectivity index (χ1v) is 3.94. The second-order valence-corrected chi connectivity index (χ2v) is 2.84. The van der Waals surface area contributed by atoms with E-state index in [1.807, 2.05) is 0 Å². The van der Waals surface area contributed by atoms with E-state index in [-0.39, 0.29) is 65.5 Å². The first-order chi connectivity index (χ1) is 5.54. The van der Waals surface area contributed by atoms with Crippen molar-refractivity contribution in [1.82, 2.24) is 0 Å². The van der Waals surface area contributed by atoms with E-state index in [1.54, 1.807) is 6.92 Å². The first kappa shape index (κ1) is 20.4. The predicted octanol–water partition coefficient (Wildman–Crippen LogP) is -7.31. The molecule has 0 bridgehead atoms. The number of hydrogen-bond donors (Lipinski definition) is 0. The molecule has 4 nitrogen and oxygen atoms in total. The maximum Gasteiger partial charge on any atom is 1.00 e. The number of carboxylic acid groups (broad SMARTS) is 2. The molecule has 0 N–H and O–H groups in total. The minimum Gasteiger partial charge on any atom is -0.550 e. The van der Waals surface area contributed by atoms with Gasteiger partial charge in [0.25, 0.3) is 0 Å². The van der Waals surface area contributed by atoms with Gasteiger partial charge in [0.15, 0.2) is 0 Å². The molecule has 0 saturated carbocycles. The normalized spacial score (nSPS) is 10.6. The van der Waals surface area contributed by atoms with Crippen LogP contribution in [-0.2, 0) is 9.59 Å². The van der Waals surface area contributed by atoms with Crippen LogP contribution in [0, 0.1) is 5.92 Å². The molecule has 0 aromatic heterocycles. The molecular weight excluding hydrogens is 206 g/mol. The van der Waals surface area contributed by atoms with Gasteiger partial charge in [0.05, 0.1) is 0 Å². The molecule has 0 aliphatic carbocycles. The Morgan fingerprint density at radius 1 is 1.14 bits per heavy atom. The van der Waals surface area contributed by atoms with Gasteiger partial charge in [0.2, 0.25) is 0 Å². The van der Waals surface area contributed by atoms with E-state index in [1.165, 1.54) is 0 Å². The van der Waals surface area contributed by atoms with Crippen molar-refractivity contribution >= 4 is 11.9 Å². The fourth-order valence-corrected chi connectivity index (χ4v) is 0.838. The fourth-order valence-electron chi connectivity index (χ4n) is 0.838. The molecule has 0 radical (unpaired) electrons. The van der Waals surface area contributed by atoms with Gasteiger partial charge in [-0.2, -0.15) is 0 Å². The van der Waals surface area contributed by atoms with Crippen molar-refractivity contribution in [1.29, 1.82) is 0 Å². The van der Waals surface area contributed by atoms with E-state index in [0.717, 1.165) is 0 Å². The number of unbranched alkanes of at least 4 members (excludes halogenated alkanes) is 1. The van der Waals surface area contributed by atoms with Gasteiger partial charge in [-0.1, -0.05) is 13.3 Å². The van der Waals surface area contributed by atoms with Crippen LogP contribution in [-0.4, -0.2) is 11.9 Å². The number of hydrogen-bond acceptors (Lipinski definition) is 4. The van der Waals surface area contributed by atoms with Crippen LogP contribution in [0.5, 0.6) is 0 Å². The van der Waals surface area contributed by atoms with Crippen LogP contribution in [0.25, 0.3) is 0 Å². The molecule has 0 rings (SSSR count). The number of aliphatic carboxylic acids is 2. The van der Waals surface area contributed by atoms with Crippen LogP contribution in [0.1, 0.15) is 32.6 Å². The second-order valence-electron chi connectivity index (χ2n) is 2.84. The molecule has 0 saturated heterocycles. The average Bonchev–Trinajstić information content (AvgIpc) is 1.97. The summed E-state index contributed by atoms with van der Waals surface area (Å²) in [6.07, 6.45) is 1.53. The second kappa shape index (κ2) is 12.0. The third-order valence-corrected chi connectivity index (χ3v) is 1.67. The summed E-state index contributed by atoms with van der Waals surface area (Å²) in [6, 6.07) is 0. The number of carbonyl (C=O) groups excluding carboxylic acids is 2. The third kappa shape index (κ3) is 12.9. The van der Waals surface area contributed by atoms with Gasteiger partial charge in [-0.05, 0) is 25.2 Å². The molecule has 0 aromatic carbocycles. The van der Waals surface area contributed by atoms with Crippen molar-refractivity contribution in [3.63, 3.8) is 0 Å². The molecular formula is C8H12Na2O4. The van der Waals surface area contributed by atoms with Gasteiger partial charge in [-0.15, -0.1) is 0 Å². The Balaban J connectivity index is -0.000000605. The molecule has 14 heavy (non-hydrogen) atoms. The Bertz CT molecular complexity index is 173. The van der Waals surface area contributed by atoms with Gasteiger partial charge in [-0.25, -0.2) is 0 Å². The smallest absolute Gasteiger partial charge is 0.550 e. The summed E-state index contributed by atoms with van der Waals surface area (Å²) in [5.74, 6) is -2.66. The standard InChI is InChI=1S/C8H14O4.2Na/c1-6(8(11)12)4-2-3-5-7(9)10;;/h6H,2-5H2,1H3,(H,9,10)(H,11,12);;/q;2*+1/p-2. The Morgan fingerprint density at radius 3 is 2.00 bits per heavy atom. The van der Waals surface area contributed by atoms with Crippen molar-refractivity contribution < 1.29 is 78.9 Å². The molecule has 0 heterocycles. The van der Waals surface area contributed by atoms with Crippen molar-refractivity contribution in [2.45, 2.75) is 32.6 Å². The topological polar surface area (TPSA) is 80.3 Å². The molecule has 6 heteroatoms. The van der Waals surface area contributed by atoms with Crippen LogP contribution in [0.15, 0.2) is 0 Å². The molecule has 1 atom stereocenters. The summed E-state index contributed by atoms with van der Waals surface area (Å²) >= 11 is 0. The minimum absolute atomic E-state index is 0. The Labute approximate surface area is 128 Å². The van der Waals surface area contributed by atoms with Crippen LogP contribution < -0.4 is 69.3 Å². The Kier molecular flexibility index (Phi) is 17.5. The molecule has 70 valence electrons. The van der Waals surface area contributed by atoms with Crippen molar-refractivity contribution in [3.8, 4) is 0 Å². The van der Waals surface area contributed by atoms with Gasteiger partial charge >= 0.3 is 59.1 Å². The SMILES string of the molecule is CC(CCCCC(=O)[O-])C(=O)[O-].[Na+].[Na+]. The number of rotatable bonds is 6. The van der Waals surface area contributed by atoms with Crippen molar-refractivity contribution in [2.24, 2.45) is 5.92 Å².